The number of thiazole rings is 1. The van der Waals surface area contributed by atoms with E-state index in [1.54, 1.807) is 12.3 Å². The van der Waals surface area contributed by atoms with Gasteiger partial charge in [0.2, 0.25) is 5.91 Å². The van der Waals surface area contributed by atoms with Crippen LogP contribution in [0.1, 0.15) is 42.7 Å². The summed E-state index contributed by atoms with van der Waals surface area (Å²) in [7, 11) is 0. The summed E-state index contributed by atoms with van der Waals surface area (Å²) >= 11 is 2.68. The molecule has 4 rings (SSSR count). The minimum absolute atomic E-state index is 0.0865. The van der Waals surface area contributed by atoms with Gasteiger partial charge in [-0.2, -0.15) is 0 Å². The Morgan fingerprint density at radius 3 is 2.68 bits per heavy atom. The molecule has 0 bridgehead atoms. The highest BCUT2D eigenvalue weighted by molar-refractivity contribution is 8.00. The van der Waals surface area contributed by atoms with Gasteiger partial charge in [0.05, 0.1) is 29.5 Å². The number of aryl methyl sites for hydroxylation is 3. The lowest BCUT2D eigenvalue weighted by molar-refractivity contribution is -0.142. The van der Waals surface area contributed by atoms with Crippen molar-refractivity contribution in [1.29, 1.82) is 0 Å². The number of hydrogen-bond donors (Lipinski definition) is 1. The van der Waals surface area contributed by atoms with E-state index >= 15 is 0 Å². The molecule has 0 saturated heterocycles. The maximum absolute atomic E-state index is 13.1. The first kappa shape index (κ1) is 24.2. The molecule has 3 heterocycles. The van der Waals surface area contributed by atoms with E-state index < -0.39 is 0 Å². The Labute approximate surface area is 206 Å². The van der Waals surface area contributed by atoms with Crippen molar-refractivity contribution >= 4 is 56.7 Å². The molecule has 0 aliphatic carbocycles. The second kappa shape index (κ2) is 10.1. The van der Waals surface area contributed by atoms with Crippen LogP contribution in [-0.4, -0.2) is 43.3 Å². The number of pyridine rings is 1. The second-order valence-corrected chi connectivity index (χ2v) is 10.1. The molecule has 3 aromatic heterocycles. The molecule has 0 fully saturated rings. The van der Waals surface area contributed by atoms with Gasteiger partial charge < -0.3 is 10.1 Å². The van der Waals surface area contributed by atoms with Crippen LogP contribution < -0.4 is 5.32 Å². The van der Waals surface area contributed by atoms with Gasteiger partial charge in [-0.1, -0.05) is 30.3 Å². The third-order valence-corrected chi connectivity index (χ3v) is 7.53. The fourth-order valence-corrected chi connectivity index (χ4v) is 5.61. The summed E-state index contributed by atoms with van der Waals surface area (Å²) in [4.78, 5) is 29.1. The van der Waals surface area contributed by atoms with Crippen molar-refractivity contribution in [2.45, 2.75) is 57.9 Å². The number of hydrogen-bond acceptors (Lipinski definition) is 8. The van der Waals surface area contributed by atoms with Gasteiger partial charge in [0, 0.05) is 10.8 Å². The Morgan fingerprint density at radius 1 is 1.15 bits per heavy atom. The molecule has 0 aliphatic rings. The third kappa shape index (κ3) is 4.92. The maximum Gasteiger partial charge on any atom is 0.311 e. The standard InChI is InChI=1S/C24H27N5O3S2/c1-6-18(22(31)26-23-25-16(12-33-23)11-20(30)32-7-2)34-24-28-27-19-10-14(4)17-9-13(3)8-15(5)21(17)29(19)24/h8-10,12,18H,6-7,11H2,1-5H3,(H,25,26,31). The summed E-state index contributed by atoms with van der Waals surface area (Å²) < 4.78 is 7.00. The number of aromatic nitrogens is 4. The van der Waals surface area contributed by atoms with Crippen LogP contribution >= 0.6 is 23.1 Å². The molecule has 8 nitrogen and oxygen atoms in total. The SMILES string of the molecule is CCOC(=O)Cc1csc(NC(=O)C(CC)Sc2nnc3cc(C)c4cc(C)cc(C)c4n23)n1. The van der Waals surface area contributed by atoms with Gasteiger partial charge in [-0.05, 0) is 57.4 Å². The van der Waals surface area contributed by atoms with E-state index in [9.17, 15) is 9.59 Å². The fourth-order valence-electron chi connectivity index (χ4n) is 3.93. The van der Waals surface area contributed by atoms with Crippen molar-refractivity contribution in [3.63, 3.8) is 0 Å². The van der Waals surface area contributed by atoms with Crippen LogP contribution in [0.2, 0.25) is 0 Å². The topological polar surface area (TPSA) is 98.5 Å². The first-order valence-electron chi connectivity index (χ1n) is 11.1. The van der Waals surface area contributed by atoms with Crippen molar-refractivity contribution in [2.75, 3.05) is 11.9 Å². The number of anilines is 1. The number of ether oxygens (including phenoxy) is 1. The Balaban J connectivity index is 1.57. The molecule has 0 aliphatic heterocycles. The summed E-state index contributed by atoms with van der Waals surface area (Å²) in [6.45, 7) is 10.3. The van der Waals surface area contributed by atoms with Gasteiger partial charge in [-0.25, -0.2) is 4.98 Å². The highest BCUT2D eigenvalue weighted by Crippen LogP contribution is 2.32. The summed E-state index contributed by atoms with van der Waals surface area (Å²) in [5, 5.41) is 15.3. The van der Waals surface area contributed by atoms with Gasteiger partial charge in [0.25, 0.3) is 0 Å². The zero-order valence-corrected chi connectivity index (χ0v) is 21.5. The predicted molar refractivity (Wildman–Crippen MR) is 136 cm³/mol. The molecule has 1 amide bonds. The Morgan fingerprint density at radius 2 is 1.94 bits per heavy atom. The van der Waals surface area contributed by atoms with Crippen molar-refractivity contribution in [3.05, 3.63) is 46.0 Å². The fraction of sp³-hybridized carbons (Fsp3) is 0.375. The third-order valence-electron chi connectivity index (χ3n) is 5.42. The largest absolute Gasteiger partial charge is 0.466 e. The molecule has 1 aromatic carbocycles. The molecule has 0 radical (unpaired) electrons. The van der Waals surface area contributed by atoms with E-state index in [2.05, 4.69) is 53.4 Å². The van der Waals surface area contributed by atoms with Crippen LogP contribution in [0, 0.1) is 20.8 Å². The summed E-state index contributed by atoms with van der Waals surface area (Å²) in [5.74, 6) is -0.496. The van der Waals surface area contributed by atoms with Crippen molar-refractivity contribution < 1.29 is 14.3 Å². The highest BCUT2D eigenvalue weighted by atomic mass is 32.2. The van der Waals surface area contributed by atoms with Crippen LogP contribution in [0.3, 0.4) is 0 Å². The number of benzene rings is 1. The van der Waals surface area contributed by atoms with Crippen LogP contribution in [0.4, 0.5) is 5.13 Å². The molecule has 4 aromatic rings. The molecule has 178 valence electrons. The molecule has 1 unspecified atom stereocenters. The molecule has 0 saturated carbocycles. The maximum atomic E-state index is 13.1. The van der Waals surface area contributed by atoms with Crippen molar-refractivity contribution in [1.82, 2.24) is 19.6 Å². The lowest BCUT2D eigenvalue weighted by Gasteiger charge is -2.14. The number of thioether (sulfide) groups is 1. The van der Waals surface area contributed by atoms with Crippen LogP contribution in [0.15, 0.2) is 28.7 Å². The summed E-state index contributed by atoms with van der Waals surface area (Å²) in [6, 6.07) is 6.35. The van der Waals surface area contributed by atoms with E-state index in [-0.39, 0.29) is 23.5 Å². The minimum Gasteiger partial charge on any atom is -0.466 e. The van der Waals surface area contributed by atoms with Crippen LogP contribution in [-0.2, 0) is 20.7 Å². The first-order valence-corrected chi connectivity index (χ1v) is 12.9. The molecule has 0 spiro atoms. The number of nitrogens with zero attached hydrogens (tertiary/aromatic N) is 4. The monoisotopic (exact) mass is 497 g/mol. The first-order chi connectivity index (χ1) is 16.3. The lowest BCUT2D eigenvalue weighted by Crippen LogP contribution is -2.25. The average molecular weight is 498 g/mol. The Bertz CT molecular complexity index is 1380. The Kier molecular flexibility index (Phi) is 7.18. The minimum atomic E-state index is -0.382. The van der Waals surface area contributed by atoms with E-state index in [0.29, 0.717) is 29.0 Å². The number of esters is 1. The number of nitrogens with one attached hydrogen (secondary N) is 1. The number of rotatable bonds is 8. The normalized spacial score (nSPS) is 12.3. The molecular formula is C24H27N5O3S2. The zero-order valence-electron chi connectivity index (χ0n) is 19.8. The predicted octanol–water partition coefficient (Wildman–Crippen LogP) is 4.88. The average Bonchev–Trinajstić information content (AvgIpc) is 3.38. The second-order valence-electron chi connectivity index (χ2n) is 8.11. The lowest BCUT2D eigenvalue weighted by atomic mass is 10.0. The van der Waals surface area contributed by atoms with E-state index in [1.165, 1.54) is 28.7 Å². The van der Waals surface area contributed by atoms with E-state index in [1.807, 2.05) is 17.4 Å². The number of carbonyl (C=O) groups is 2. The van der Waals surface area contributed by atoms with Gasteiger partial charge in [-0.15, -0.1) is 21.5 Å². The van der Waals surface area contributed by atoms with Gasteiger partial charge >= 0.3 is 5.97 Å². The quantitative estimate of drug-likeness (QED) is 0.274. The van der Waals surface area contributed by atoms with Crippen LogP contribution in [0.5, 0.6) is 0 Å². The molecule has 1 N–H and O–H groups in total. The van der Waals surface area contributed by atoms with Crippen molar-refractivity contribution in [3.8, 4) is 0 Å². The summed E-state index contributed by atoms with van der Waals surface area (Å²) in [6.07, 6.45) is 0.692. The van der Waals surface area contributed by atoms with E-state index in [0.717, 1.165) is 27.7 Å². The van der Waals surface area contributed by atoms with Crippen LogP contribution in [0.25, 0.3) is 16.6 Å². The smallest absolute Gasteiger partial charge is 0.311 e. The number of amides is 1. The molecule has 1 atom stereocenters. The number of fused-ring (bicyclic) bond motifs is 3. The number of carbonyl (C=O) groups excluding carboxylic acids is 2. The van der Waals surface area contributed by atoms with Gasteiger partial charge in [0.15, 0.2) is 15.9 Å². The van der Waals surface area contributed by atoms with Gasteiger partial charge in [0.1, 0.15) is 0 Å². The summed E-state index contributed by atoms with van der Waals surface area (Å²) in [5.41, 5.74) is 5.89. The van der Waals surface area contributed by atoms with E-state index in [4.69, 9.17) is 4.74 Å². The zero-order chi connectivity index (χ0) is 24.4. The van der Waals surface area contributed by atoms with Crippen molar-refractivity contribution in [2.24, 2.45) is 0 Å². The van der Waals surface area contributed by atoms with Gasteiger partial charge in [-0.3, -0.25) is 14.0 Å². The highest BCUT2D eigenvalue weighted by Gasteiger charge is 2.23. The molecule has 34 heavy (non-hydrogen) atoms. The molecule has 10 heteroatoms. The molecular weight excluding hydrogens is 470 g/mol. The Hall–Kier alpha value is -2.98.